The van der Waals surface area contributed by atoms with Gasteiger partial charge >= 0.3 is 12.2 Å². The average molecular weight is 492 g/mol. The zero-order chi connectivity index (χ0) is 21.7. The van der Waals surface area contributed by atoms with Gasteiger partial charge in [0.2, 0.25) is 0 Å². The van der Waals surface area contributed by atoms with E-state index in [1.807, 2.05) is 27.7 Å². The first-order chi connectivity index (χ1) is 13.4. The summed E-state index contributed by atoms with van der Waals surface area (Å²) in [5, 5.41) is 0.428. The summed E-state index contributed by atoms with van der Waals surface area (Å²) in [4.78, 5) is 23.4. The average Bonchev–Trinajstić information content (AvgIpc) is 2.99. The summed E-state index contributed by atoms with van der Waals surface area (Å²) in [7, 11) is 1.73. The lowest BCUT2D eigenvalue weighted by atomic mass is 10.1. The van der Waals surface area contributed by atoms with Gasteiger partial charge in [-0.15, -0.1) is 0 Å². The van der Waals surface area contributed by atoms with Crippen LogP contribution < -0.4 is 4.90 Å². The van der Waals surface area contributed by atoms with Crippen molar-refractivity contribution in [2.75, 3.05) is 18.5 Å². The van der Waals surface area contributed by atoms with Crippen molar-refractivity contribution in [3.8, 4) is 0 Å². The van der Waals surface area contributed by atoms with Crippen molar-refractivity contribution in [2.45, 2.75) is 51.8 Å². The first kappa shape index (κ1) is 22.0. The van der Waals surface area contributed by atoms with Crippen LogP contribution in [-0.4, -0.2) is 52.2 Å². The fourth-order valence-electron chi connectivity index (χ4n) is 3.58. The minimum atomic E-state index is -1.04. The highest BCUT2D eigenvalue weighted by molar-refractivity contribution is 9.10. The lowest BCUT2D eigenvalue weighted by molar-refractivity contribution is 0.0233. The monoisotopic (exact) mass is 490 g/mol. The second-order valence-electron chi connectivity index (χ2n) is 8.08. The number of fused-ring (bicyclic) bond motifs is 1. The number of rotatable bonds is 2. The third-order valence-corrected chi connectivity index (χ3v) is 6.26. The molecule has 1 amide bonds. The summed E-state index contributed by atoms with van der Waals surface area (Å²) in [5.74, 6) is -0.540. The number of carbonyl (C=O) groups excluding carboxylic acids is 1. The van der Waals surface area contributed by atoms with Gasteiger partial charge in [0.25, 0.3) is 0 Å². The van der Waals surface area contributed by atoms with Gasteiger partial charge in [-0.2, -0.15) is 14.4 Å². The van der Waals surface area contributed by atoms with E-state index < -0.39 is 23.6 Å². The molecule has 2 atom stereocenters. The SMILES string of the molecule is C[C@@H]1[C@H](N(C)c2nc(F)nc3c(F)c(Br)c(Cl)cc23)CCN1C(=O)OC(C)(C)C. The highest BCUT2D eigenvalue weighted by Crippen LogP contribution is 2.36. The smallest absolute Gasteiger partial charge is 0.410 e. The van der Waals surface area contributed by atoms with Crippen molar-refractivity contribution in [2.24, 2.45) is 0 Å². The van der Waals surface area contributed by atoms with Gasteiger partial charge in [0.05, 0.1) is 21.6 Å². The van der Waals surface area contributed by atoms with E-state index in [9.17, 15) is 13.6 Å². The van der Waals surface area contributed by atoms with E-state index >= 15 is 0 Å². The Hall–Kier alpha value is -1.74. The van der Waals surface area contributed by atoms with Crippen LogP contribution in [0, 0.1) is 11.9 Å². The number of anilines is 1. The number of benzene rings is 1. The van der Waals surface area contributed by atoms with Crippen molar-refractivity contribution in [3.63, 3.8) is 0 Å². The summed E-state index contributed by atoms with van der Waals surface area (Å²) in [6, 6.07) is 1.10. The number of hydrogen-bond donors (Lipinski definition) is 0. The van der Waals surface area contributed by atoms with Crippen molar-refractivity contribution in [1.82, 2.24) is 14.9 Å². The van der Waals surface area contributed by atoms with Crippen LogP contribution in [0.25, 0.3) is 10.9 Å². The van der Waals surface area contributed by atoms with Crippen molar-refractivity contribution >= 4 is 50.3 Å². The zero-order valence-corrected chi connectivity index (χ0v) is 19.1. The Morgan fingerprint density at radius 3 is 2.66 bits per heavy atom. The molecule has 6 nitrogen and oxygen atoms in total. The number of carbonyl (C=O) groups is 1. The van der Waals surface area contributed by atoms with Crippen molar-refractivity contribution in [3.05, 3.63) is 27.5 Å². The summed E-state index contributed by atoms with van der Waals surface area (Å²) in [6.45, 7) is 7.80. The van der Waals surface area contributed by atoms with E-state index in [2.05, 4.69) is 25.9 Å². The topological polar surface area (TPSA) is 58.6 Å². The predicted molar refractivity (Wildman–Crippen MR) is 111 cm³/mol. The van der Waals surface area contributed by atoms with Crippen molar-refractivity contribution < 1.29 is 18.3 Å². The van der Waals surface area contributed by atoms with Gasteiger partial charge in [0, 0.05) is 19.0 Å². The van der Waals surface area contributed by atoms with Crippen LogP contribution in [0.4, 0.5) is 19.4 Å². The maximum absolute atomic E-state index is 14.6. The first-order valence-corrected chi connectivity index (χ1v) is 10.3. The molecule has 0 spiro atoms. The molecule has 0 radical (unpaired) electrons. The fourth-order valence-corrected chi connectivity index (χ4v) is 4.07. The third-order valence-electron chi connectivity index (χ3n) is 4.95. The van der Waals surface area contributed by atoms with Gasteiger partial charge in [0.15, 0.2) is 5.82 Å². The molecule has 0 unspecified atom stereocenters. The molecule has 0 N–H and O–H groups in total. The second kappa shape index (κ2) is 7.83. The normalized spacial score (nSPS) is 19.7. The Balaban J connectivity index is 1.96. The Morgan fingerprint density at radius 1 is 1.38 bits per heavy atom. The highest BCUT2D eigenvalue weighted by atomic mass is 79.9. The zero-order valence-electron chi connectivity index (χ0n) is 16.8. The van der Waals surface area contributed by atoms with Crippen LogP contribution in [-0.2, 0) is 4.74 Å². The molecule has 0 saturated carbocycles. The molecule has 1 aromatic carbocycles. The van der Waals surface area contributed by atoms with Gasteiger partial charge in [0.1, 0.15) is 16.9 Å². The Morgan fingerprint density at radius 2 is 2.03 bits per heavy atom. The number of ether oxygens (including phenoxy) is 1. The van der Waals surface area contributed by atoms with Crippen LogP contribution in [0.5, 0.6) is 0 Å². The summed E-state index contributed by atoms with van der Waals surface area (Å²) in [6.07, 6.45) is -0.823. The molecule has 2 aromatic rings. The number of amides is 1. The number of halogens is 4. The molecule has 1 aliphatic heterocycles. The molecule has 3 rings (SSSR count). The molecular weight excluding hydrogens is 470 g/mol. The van der Waals surface area contributed by atoms with Crippen LogP contribution in [0.2, 0.25) is 5.02 Å². The minimum absolute atomic E-state index is 0.0173. The van der Waals surface area contributed by atoms with E-state index in [0.717, 1.165) is 0 Å². The predicted octanol–water partition coefficient (Wildman–Crippen LogP) is 5.16. The lowest BCUT2D eigenvalue weighted by Gasteiger charge is -2.33. The van der Waals surface area contributed by atoms with E-state index in [1.165, 1.54) is 6.07 Å². The maximum Gasteiger partial charge on any atom is 0.410 e. The first-order valence-electron chi connectivity index (χ1n) is 9.14. The molecule has 10 heteroatoms. The maximum atomic E-state index is 14.6. The molecule has 0 bridgehead atoms. The lowest BCUT2D eigenvalue weighted by Crippen LogP contribution is -2.45. The van der Waals surface area contributed by atoms with E-state index in [-0.39, 0.29) is 32.9 Å². The van der Waals surface area contributed by atoms with Gasteiger partial charge in [-0.3, -0.25) is 0 Å². The Bertz CT molecular complexity index is 970. The van der Waals surface area contributed by atoms with E-state index in [0.29, 0.717) is 18.4 Å². The number of hydrogen-bond acceptors (Lipinski definition) is 5. The van der Waals surface area contributed by atoms with Gasteiger partial charge < -0.3 is 14.5 Å². The highest BCUT2D eigenvalue weighted by Gasteiger charge is 2.39. The Kier molecular flexibility index (Phi) is 5.93. The molecule has 0 aliphatic carbocycles. The van der Waals surface area contributed by atoms with Gasteiger partial charge in [-0.1, -0.05) is 11.6 Å². The molecule has 1 aliphatic rings. The van der Waals surface area contributed by atoms with Crippen molar-refractivity contribution in [1.29, 1.82) is 0 Å². The largest absolute Gasteiger partial charge is 0.444 e. The van der Waals surface area contributed by atoms with Crippen LogP contribution >= 0.6 is 27.5 Å². The molecule has 1 fully saturated rings. The minimum Gasteiger partial charge on any atom is -0.444 e. The quantitative estimate of drug-likeness (QED) is 0.429. The summed E-state index contributed by atoms with van der Waals surface area (Å²) < 4.78 is 34.2. The number of aromatic nitrogens is 2. The van der Waals surface area contributed by atoms with Gasteiger partial charge in [-0.25, -0.2) is 9.18 Å². The van der Waals surface area contributed by atoms with Crippen LogP contribution in [0.15, 0.2) is 10.5 Å². The molecule has 158 valence electrons. The molecule has 1 aromatic heterocycles. The third kappa shape index (κ3) is 4.26. The molecule has 1 saturated heterocycles. The van der Waals surface area contributed by atoms with E-state index in [1.54, 1.807) is 16.8 Å². The molecule has 2 heterocycles. The number of likely N-dealkylation sites (N-methyl/N-ethyl adjacent to an activating group) is 1. The number of likely N-dealkylation sites (tertiary alicyclic amines) is 1. The van der Waals surface area contributed by atoms with Crippen LogP contribution in [0.1, 0.15) is 34.1 Å². The van der Waals surface area contributed by atoms with E-state index in [4.69, 9.17) is 16.3 Å². The number of nitrogens with zero attached hydrogens (tertiary/aromatic N) is 4. The Labute approximate surface area is 181 Å². The second-order valence-corrected chi connectivity index (χ2v) is 9.28. The summed E-state index contributed by atoms with van der Waals surface area (Å²) in [5.41, 5.74) is -0.765. The summed E-state index contributed by atoms with van der Waals surface area (Å²) >= 11 is 9.15. The molecular formula is C19H22BrClF2N4O2. The fraction of sp³-hybridized carbons (Fsp3) is 0.526. The molecule has 29 heavy (non-hydrogen) atoms. The standard InChI is InChI=1S/C19H22BrClF2N4O2/c1-9-12(6-7-27(9)18(28)29-19(2,3)4)26(5)16-10-8-11(21)13(20)14(22)15(10)24-17(23)25-16/h8-9,12H,6-7H2,1-5H3/t9-,12-/m1/s1. The van der Waals surface area contributed by atoms with Crippen LogP contribution in [0.3, 0.4) is 0 Å². The van der Waals surface area contributed by atoms with Gasteiger partial charge in [-0.05, 0) is 56.1 Å².